The van der Waals surface area contributed by atoms with Gasteiger partial charge in [0.15, 0.2) is 0 Å². The van der Waals surface area contributed by atoms with Gasteiger partial charge >= 0.3 is 6.18 Å². The number of halogens is 3. The van der Waals surface area contributed by atoms with Gasteiger partial charge in [0.05, 0.1) is 12.1 Å². The molecule has 0 spiro atoms. The zero-order chi connectivity index (χ0) is 14.0. The van der Waals surface area contributed by atoms with Gasteiger partial charge in [-0.2, -0.15) is 13.2 Å². The Morgan fingerprint density at radius 1 is 1.47 bits per heavy atom. The second kappa shape index (κ2) is 5.66. The van der Waals surface area contributed by atoms with E-state index in [1.165, 1.54) is 0 Å². The monoisotopic (exact) mass is 280 g/mol. The average Bonchev–Trinajstić information content (AvgIpc) is 2.92. The number of hydrogen-bond acceptors (Lipinski definition) is 3. The van der Waals surface area contributed by atoms with Gasteiger partial charge in [-0.15, -0.1) is 0 Å². The van der Waals surface area contributed by atoms with Crippen LogP contribution in [0.4, 0.5) is 13.2 Å². The highest BCUT2D eigenvalue weighted by Gasteiger charge is 2.40. The van der Waals surface area contributed by atoms with Crippen LogP contribution in [-0.2, 0) is 9.53 Å². The van der Waals surface area contributed by atoms with Crippen LogP contribution in [0.5, 0.6) is 0 Å². The maximum atomic E-state index is 12.3. The maximum absolute atomic E-state index is 12.3. The van der Waals surface area contributed by atoms with Crippen molar-refractivity contribution in [3.63, 3.8) is 0 Å². The number of nitrogens with zero attached hydrogens (tertiary/aromatic N) is 1. The number of nitrogens with one attached hydrogen (secondary N) is 1. The van der Waals surface area contributed by atoms with Crippen molar-refractivity contribution in [3.05, 3.63) is 0 Å². The van der Waals surface area contributed by atoms with E-state index in [2.05, 4.69) is 5.32 Å². The lowest BCUT2D eigenvalue weighted by atomic mass is 10.1. The number of rotatable bonds is 4. The molecule has 2 rings (SSSR count). The van der Waals surface area contributed by atoms with Gasteiger partial charge in [0.1, 0.15) is 6.54 Å². The predicted octanol–water partition coefficient (Wildman–Crippen LogP) is 1.31. The second-order valence-corrected chi connectivity index (χ2v) is 5.22. The van der Waals surface area contributed by atoms with E-state index in [0.29, 0.717) is 6.42 Å². The number of likely N-dealkylation sites (tertiary alicyclic amines) is 1. The number of hydrogen-bond donors (Lipinski definition) is 1. The van der Waals surface area contributed by atoms with E-state index in [4.69, 9.17) is 4.74 Å². The number of amides is 1. The van der Waals surface area contributed by atoms with Crippen LogP contribution in [0.25, 0.3) is 0 Å². The molecule has 19 heavy (non-hydrogen) atoms. The third-order valence-electron chi connectivity index (χ3n) is 3.65. The van der Waals surface area contributed by atoms with Crippen molar-refractivity contribution in [2.45, 2.75) is 50.6 Å². The third-order valence-corrected chi connectivity index (χ3v) is 3.65. The lowest BCUT2D eigenvalue weighted by Gasteiger charge is -2.24. The highest BCUT2D eigenvalue weighted by Crippen LogP contribution is 2.22. The first-order chi connectivity index (χ1) is 8.87. The molecule has 0 aromatic heterocycles. The lowest BCUT2D eigenvalue weighted by molar-refractivity contribution is -0.158. The molecule has 2 aliphatic heterocycles. The summed E-state index contributed by atoms with van der Waals surface area (Å²) in [4.78, 5) is 12.7. The minimum Gasteiger partial charge on any atom is -0.377 e. The molecule has 1 amide bonds. The fourth-order valence-electron chi connectivity index (χ4n) is 2.69. The van der Waals surface area contributed by atoms with E-state index in [0.717, 1.165) is 24.3 Å². The molecular weight excluding hydrogens is 261 g/mol. The number of carbonyl (C=O) groups excluding carboxylic acids is 1. The Morgan fingerprint density at radius 2 is 2.21 bits per heavy atom. The molecule has 0 aliphatic carbocycles. The van der Waals surface area contributed by atoms with E-state index >= 15 is 0 Å². The molecule has 3 atom stereocenters. The molecule has 2 aliphatic rings. The molecule has 110 valence electrons. The summed E-state index contributed by atoms with van der Waals surface area (Å²) in [6, 6.07) is -0.524. The molecule has 1 N–H and O–H groups in total. The van der Waals surface area contributed by atoms with Crippen LogP contribution >= 0.6 is 0 Å². The maximum Gasteiger partial charge on any atom is 0.406 e. The second-order valence-electron chi connectivity index (χ2n) is 5.22. The SMILES string of the molecule is C[C@H](N[C@@H]1CCN(CC(F)(F)F)C1=O)[C@@H]1CCCO1. The van der Waals surface area contributed by atoms with Gasteiger partial charge in [-0.05, 0) is 26.2 Å². The average molecular weight is 280 g/mol. The van der Waals surface area contributed by atoms with E-state index in [1.54, 1.807) is 0 Å². The summed E-state index contributed by atoms with van der Waals surface area (Å²) < 4.78 is 42.3. The summed E-state index contributed by atoms with van der Waals surface area (Å²) in [6.45, 7) is 1.64. The Balaban J connectivity index is 1.84. The van der Waals surface area contributed by atoms with Crippen molar-refractivity contribution < 1.29 is 22.7 Å². The van der Waals surface area contributed by atoms with Crippen LogP contribution in [0.1, 0.15) is 26.2 Å². The lowest BCUT2D eigenvalue weighted by Crippen LogP contribution is -2.48. The van der Waals surface area contributed by atoms with Crippen molar-refractivity contribution in [1.82, 2.24) is 10.2 Å². The van der Waals surface area contributed by atoms with Crippen molar-refractivity contribution in [2.75, 3.05) is 19.7 Å². The van der Waals surface area contributed by atoms with Crippen LogP contribution in [0.15, 0.2) is 0 Å². The Bertz CT molecular complexity index is 329. The van der Waals surface area contributed by atoms with Gasteiger partial charge in [-0.25, -0.2) is 0 Å². The molecule has 7 heteroatoms. The van der Waals surface area contributed by atoms with Gasteiger partial charge in [-0.1, -0.05) is 0 Å². The van der Waals surface area contributed by atoms with Crippen LogP contribution in [0.3, 0.4) is 0 Å². The van der Waals surface area contributed by atoms with Gasteiger partial charge in [0.25, 0.3) is 0 Å². The fourth-order valence-corrected chi connectivity index (χ4v) is 2.69. The smallest absolute Gasteiger partial charge is 0.377 e. The van der Waals surface area contributed by atoms with E-state index < -0.39 is 24.7 Å². The minimum absolute atomic E-state index is 0.0118. The van der Waals surface area contributed by atoms with E-state index in [1.807, 2.05) is 6.92 Å². The Hall–Kier alpha value is -0.820. The molecule has 0 aromatic rings. The molecule has 4 nitrogen and oxygen atoms in total. The Labute approximate surface area is 110 Å². The molecule has 2 fully saturated rings. The topological polar surface area (TPSA) is 41.6 Å². The van der Waals surface area contributed by atoms with Crippen molar-refractivity contribution >= 4 is 5.91 Å². The molecule has 0 bridgehead atoms. The van der Waals surface area contributed by atoms with Gasteiger partial charge < -0.3 is 15.0 Å². The summed E-state index contributed by atoms with van der Waals surface area (Å²) in [5, 5.41) is 3.10. The highest BCUT2D eigenvalue weighted by atomic mass is 19.4. The first kappa shape index (κ1) is 14.6. The highest BCUT2D eigenvalue weighted by molar-refractivity contribution is 5.84. The molecule has 2 saturated heterocycles. The summed E-state index contributed by atoms with van der Waals surface area (Å²) in [5.41, 5.74) is 0. The molecule has 0 aromatic carbocycles. The van der Waals surface area contributed by atoms with Gasteiger partial charge in [-0.3, -0.25) is 4.79 Å². The summed E-state index contributed by atoms with van der Waals surface area (Å²) >= 11 is 0. The van der Waals surface area contributed by atoms with Crippen molar-refractivity contribution in [3.8, 4) is 0 Å². The standard InChI is InChI=1S/C12H19F3N2O2/c1-8(10-3-2-6-19-10)16-9-4-5-17(11(9)18)7-12(13,14)15/h8-10,16H,2-7H2,1H3/t8-,9+,10-/m0/s1. The zero-order valence-electron chi connectivity index (χ0n) is 10.9. The molecule has 2 heterocycles. The number of ether oxygens (including phenoxy) is 1. The van der Waals surface area contributed by atoms with Crippen molar-refractivity contribution in [2.24, 2.45) is 0 Å². The van der Waals surface area contributed by atoms with Crippen LogP contribution in [-0.4, -0.2) is 54.9 Å². The first-order valence-electron chi connectivity index (χ1n) is 6.60. The fraction of sp³-hybridized carbons (Fsp3) is 0.917. The van der Waals surface area contributed by atoms with Gasteiger partial charge in [0, 0.05) is 19.2 Å². The molecule has 0 unspecified atom stereocenters. The molecule has 0 saturated carbocycles. The number of carbonyl (C=O) groups is 1. The minimum atomic E-state index is -4.33. The summed E-state index contributed by atoms with van der Waals surface area (Å²) in [5.74, 6) is -0.456. The van der Waals surface area contributed by atoms with Gasteiger partial charge in [0.2, 0.25) is 5.91 Å². The quantitative estimate of drug-likeness (QED) is 0.844. The van der Waals surface area contributed by atoms with Crippen LogP contribution < -0.4 is 5.32 Å². The Kier molecular flexibility index (Phi) is 4.35. The van der Waals surface area contributed by atoms with Crippen LogP contribution in [0.2, 0.25) is 0 Å². The first-order valence-corrected chi connectivity index (χ1v) is 6.60. The van der Waals surface area contributed by atoms with E-state index in [-0.39, 0.29) is 18.7 Å². The third kappa shape index (κ3) is 3.82. The number of alkyl halides is 3. The normalized spacial score (nSPS) is 30.1. The largest absolute Gasteiger partial charge is 0.406 e. The van der Waals surface area contributed by atoms with E-state index in [9.17, 15) is 18.0 Å². The van der Waals surface area contributed by atoms with Crippen molar-refractivity contribution in [1.29, 1.82) is 0 Å². The predicted molar refractivity (Wildman–Crippen MR) is 62.6 cm³/mol. The van der Waals surface area contributed by atoms with Crippen LogP contribution in [0, 0.1) is 0 Å². The molecular formula is C12H19F3N2O2. The zero-order valence-corrected chi connectivity index (χ0v) is 10.9. The summed E-state index contributed by atoms with van der Waals surface area (Å²) in [7, 11) is 0. The summed E-state index contributed by atoms with van der Waals surface area (Å²) in [6.07, 6.45) is -1.92. The molecule has 0 radical (unpaired) electrons. The Morgan fingerprint density at radius 3 is 2.79 bits per heavy atom.